The highest BCUT2D eigenvalue weighted by molar-refractivity contribution is 5.41. The molecule has 1 aliphatic heterocycles. The molecule has 5 saturated carbocycles. The topological polar surface area (TPSA) is 89.9 Å². The minimum absolute atomic E-state index is 0.0262. The van der Waals surface area contributed by atoms with Crippen LogP contribution in [0.1, 0.15) is 32.6 Å². The maximum absolute atomic E-state index is 13.0. The van der Waals surface area contributed by atoms with Crippen molar-refractivity contribution in [3.05, 3.63) is 0 Å². The van der Waals surface area contributed by atoms with Crippen LogP contribution in [0.15, 0.2) is 0 Å². The lowest BCUT2D eigenvalue weighted by atomic mass is 9.42. The van der Waals surface area contributed by atoms with Crippen molar-refractivity contribution in [1.29, 1.82) is 0 Å². The van der Waals surface area contributed by atoms with Gasteiger partial charge in [-0.3, -0.25) is 4.90 Å². The minimum atomic E-state index is -1.20. The van der Waals surface area contributed by atoms with E-state index in [4.69, 9.17) is 23.7 Å². The van der Waals surface area contributed by atoms with E-state index < -0.39 is 22.7 Å². The van der Waals surface area contributed by atoms with E-state index >= 15 is 0 Å². The summed E-state index contributed by atoms with van der Waals surface area (Å²) in [5.41, 5.74) is -2.84. The van der Waals surface area contributed by atoms with Crippen LogP contribution in [0, 0.1) is 34.5 Å². The molecule has 8 heteroatoms. The van der Waals surface area contributed by atoms with E-state index in [1.54, 1.807) is 35.5 Å². The molecule has 13 atom stereocenters. The van der Waals surface area contributed by atoms with Gasteiger partial charge in [-0.1, -0.05) is 6.92 Å². The Morgan fingerprint density at radius 1 is 1.06 bits per heavy atom. The van der Waals surface area contributed by atoms with Crippen molar-refractivity contribution < 1.29 is 33.9 Å². The number of likely N-dealkylation sites (N-methyl/N-ethyl adjacent to an activating group) is 1. The number of nitrogens with zero attached hydrogens (tertiary/aromatic N) is 1. The molecular formula is C26H43NO7. The minimum Gasteiger partial charge on any atom is -0.392 e. The largest absolute Gasteiger partial charge is 0.392 e. The predicted octanol–water partition coefficient (Wildman–Crippen LogP) is 0.925. The third kappa shape index (κ3) is 2.23. The zero-order valence-corrected chi connectivity index (χ0v) is 21.5. The first kappa shape index (κ1) is 24.0. The molecule has 1 saturated heterocycles. The number of piperidine rings is 1. The smallest absolute Gasteiger partial charge is 0.139 e. The molecule has 2 N–H and O–H groups in total. The summed E-state index contributed by atoms with van der Waals surface area (Å²) in [6.07, 6.45) is 1.86. The SMILES string of the molecule is CCN1C[C@]2(COC)CC[C@H](O)[C@@]34[C@@H]5C[C@H]6[C@H](OC)[C@@H]5[C@](O)(C[C@@H]6OC)[C@](OC)([C@@H](OC)[C@H]23)[C@@H]14. The van der Waals surface area contributed by atoms with Gasteiger partial charge in [0, 0.05) is 77.1 Å². The molecule has 0 aromatic rings. The maximum atomic E-state index is 13.0. The molecule has 0 aromatic carbocycles. The van der Waals surface area contributed by atoms with E-state index in [1.807, 2.05) is 0 Å². The molecule has 0 unspecified atom stereocenters. The molecule has 6 aliphatic rings. The standard InChI is InChI=1S/C26H43NO7/c1-7-27-12-23(13-30-2)9-8-17(28)25-15-10-14-16(31-3)11-24(29,18(15)19(14)32-4)26(34-6,22(25)27)21(33-5)20(23)25/h14-22,28-29H,7-13H2,1-6H3/t14-,15-,16+,17+,18-,19+,20-,21+,22+,23+,24-,25+,26+/m1/s1. The Bertz CT molecular complexity index is 829. The highest BCUT2D eigenvalue weighted by Gasteiger charge is 2.91. The number of ether oxygens (including phenoxy) is 5. The third-order valence-electron chi connectivity index (χ3n) is 11.8. The fourth-order valence-electron chi connectivity index (χ4n) is 11.4. The zero-order chi connectivity index (χ0) is 24.3. The van der Waals surface area contributed by atoms with Gasteiger partial charge in [-0.25, -0.2) is 0 Å². The molecule has 7 bridgehead atoms. The Morgan fingerprint density at radius 2 is 1.82 bits per heavy atom. The van der Waals surface area contributed by atoms with Crippen molar-refractivity contribution in [2.75, 3.05) is 55.2 Å². The number of rotatable bonds is 7. The first-order chi connectivity index (χ1) is 16.3. The van der Waals surface area contributed by atoms with E-state index in [2.05, 4.69) is 11.8 Å². The number of aliphatic hydroxyl groups is 2. The Balaban J connectivity index is 1.69. The highest BCUT2D eigenvalue weighted by Crippen LogP contribution is 2.80. The van der Waals surface area contributed by atoms with Gasteiger partial charge in [0.1, 0.15) is 11.2 Å². The summed E-state index contributed by atoms with van der Waals surface area (Å²) in [6.45, 7) is 4.48. The average Bonchev–Trinajstić information content (AvgIpc) is 3.27. The second-order valence-corrected chi connectivity index (χ2v) is 12.1. The second kappa shape index (κ2) is 7.60. The van der Waals surface area contributed by atoms with E-state index in [0.29, 0.717) is 13.0 Å². The van der Waals surface area contributed by atoms with Crippen LogP contribution < -0.4 is 0 Å². The molecule has 5 aliphatic carbocycles. The quantitative estimate of drug-likeness (QED) is 0.555. The van der Waals surface area contributed by atoms with Crippen molar-refractivity contribution in [3.63, 3.8) is 0 Å². The monoisotopic (exact) mass is 481 g/mol. The molecule has 34 heavy (non-hydrogen) atoms. The van der Waals surface area contributed by atoms with E-state index in [0.717, 1.165) is 32.4 Å². The van der Waals surface area contributed by atoms with Gasteiger partial charge in [-0.15, -0.1) is 0 Å². The van der Waals surface area contributed by atoms with Crippen LogP contribution >= 0.6 is 0 Å². The number of methoxy groups -OCH3 is 5. The van der Waals surface area contributed by atoms with Gasteiger partial charge in [-0.05, 0) is 31.7 Å². The molecule has 6 rings (SSSR count). The summed E-state index contributed by atoms with van der Waals surface area (Å²) in [4.78, 5) is 2.49. The van der Waals surface area contributed by atoms with Crippen LogP contribution in [-0.2, 0) is 23.7 Å². The summed E-state index contributed by atoms with van der Waals surface area (Å²) in [5.74, 6) is 0.165. The Kier molecular flexibility index (Phi) is 5.38. The number of aliphatic hydroxyl groups excluding tert-OH is 1. The lowest BCUT2D eigenvalue weighted by molar-refractivity contribution is -0.324. The molecule has 0 aromatic heterocycles. The number of fused-ring (bicyclic) bond motifs is 2. The van der Waals surface area contributed by atoms with Crippen LogP contribution in [0.4, 0.5) is 0 Å². The van der Waals surface area contributed by atoms with Crippen LogP contribution in [0.25, 0.3) is 0 Å². The van der Waals surface area contributed by atoms with Gasteiger partial charge in [-0.2, -0.15) is 0 Å². The van der Waals surface area contributed by atoms with Crippen molar-refractivity contribution >= 4 is 0 Å². The lowest BCUT2D eigenvalue weighted by Crippen LogP contribution is -2.82. The van der Waals surface area contributed by atoms with Crippen molar-refractivity contribution in [2.45, 2.75) is 74.3 Å². The number of hydrogen-bond donors (Lipinski definition) is 2. The van der Waals surface area contributed by atoms with Crippen LogP contribution in [0.3, 0.4) is 0 Å². The van der Waals surface area contributed by atoms with Gasteiger partial charge in [0.2, 0.25) is 0 Å². The second-order valence-electron chi connectivity index (χ2n) is 12.1. The fourth-order valence-corrected chi connectivity index (χ4v) is 11.4. The number of likely N-dealkylation sites (tertiary alicyclic amines) is 1. The molecular weight excluding hydrogens is 438 g/mol. The predicted molar refractivity (Wildman–Crippen MR) is 123 cm³/mol. The first-order valence-corrected chi connectivity index (χ1v) is 13.1. The van der Waals surface area contributed by atoms with Gasteiger partial charge >= 0.3 is 0 Å². The molecule has 0 radical (unpaired) electrons. The van der Waals surface area contributed by atoms with E-state index in [-0.39, 0.29) is 53.4 Å². The number of hydrogen-bond acceptors (Lipinski definition) is 8. The maximum Gasteiger partial charge on any atom is 0.139 e. The Labute approximate surface area is 203 Å². The average molecular weight is 482 g/mol. The molecule has 194 valence electrons. The summed E-state index contributed by atoms with van der Waals surface area (Å²) in [5, 5.41) is 25.1. The van der Waals surface area contributed by atoms with E-state index in [1.165, 1.54) is 0 Å². The van der Waals surface area contributed by atoms with Crippen LogP contribution in [-0.4, -0.2) is 112 Å². The van der Waals surface area contributed by atoms with Crippen LogP contribution in [0.2, 0.25) is 0 Å². The molecule has 8 nitrogen and oxygen atoms in total. The molecule has 1 heterocycles. The normalized spacial score (nSPS) is 59.5. The Hall–Kier alpha value is -0.320. The third-order valence-corrected chi connectivity index (χ3v) is 11.8. The first-order valence-electron chi connectivity index (χ1n) is 13.1. The molecule has 1 spiro atoms. The van der Waals surface area contributed by atoms with Gasteiger partial charge in [0.05, 0.1) is 37.1 Å². The summed E-state index contributed by atoms with van der Waals surface area (Å²) in [6, 6.07) is -0.150. The van der Waals surface area contributed by atoms with E-state index in [9.17, 15) is 10.2 Å². The van der Waals surface area contributed by atoms with Gasteiger partial charge in [0.25, 0.3) is 0 Å². The summed E-state index contributed by atoms with van der Waals surface area (Å²) >= 11 is 0. The highest BCUT2D eigenvalue weighted by atomic mass is 16.6. The van der Waals surface area contributed by atoms with Crippen molar-refractivity contribution in [1.82, 2.24) is 4.90 Å². The summed E-state index contributed by atoms with van der Waals surface area (Å²) < 4.78 is 31.1. The van der Waals surface area contributed by atoms with Crippen molar-refractivity contribution in [3.8, 4) is 0 Å². The van der Waals surface area contributed by atoms with Crippen molar-refractivity contribution in [2.24, 2.45) is 34.5 Å². The van der Waals surface area contributed by atoms with Crippen LogP contribution in [0.5, 0.6) is 0 Å². The van der Waals surface area contributed by atoms with Gasteiger partial charge in [0.15, 0.2) is 0 Å². The molecule has 6 fully saturated rings. The summed E-state index contributed by atoms with van der Waals surface area (Å²) in [7, 11) is 8.76. The van der Waals surface area contributed by atoms with Gasteiger partial charge < -0.3 is 33.9 Å². The fraction of sp³-hybridized carbons (Fsp3) is 1.00. The lowest BCUT2D eigenvalue weighted by Gasteiger charge is -2.70. The Morgan fingerprint density at radius 3 is 2.41 bits per heavy atom. The molecule has 0 amide bonds. The zero-order valence-electron chi connectivity index (χ0n) is 21.5.